The number of nitrogens with one attached hydrogen (secondary N) is 2. The van der Waals surface area contributed by atoms with Crippen LogP contribution in [0.1, 0.15) is 24.2 Å². The molecule has 0 aromatic heterocycles. The van der Waals surface area contributed by atoms with Crippen LogP contribution >= 0.6 is 0 Å². The highest BCUT2D eigenvalue weighted by atomic mass is 16.5. The van der Waals surface area contributed by atoms with Crippen LogP contribution in [0.4, 0.5) is 4.79 Å². The molecule has 6 heteroatoms. The largest absolute Gasteiger partial charge is 0.490 e. The fourth-order valence-corrected chi connectivity index (χ4v) is 1.24. The lowest BCUT2D eigenvalue weighted by atomic mass is 10.2. The maximum absolute atomic E-state index is 11.8. The van der Waals surface area contributed by atoms with Crippen LogP contribution in [0.15, 0.2) is 24.3 Å². The molecule has 0 unspecified atom stereocenters. The number of carbonyl (C=O) groups is 2. The van der Waals surface area contributed by atoms with Crippen LogP contribution in [0.25, 0.3) is 0 Å². The number of benzene rings is 1. The number of hydrogen-bond acceptors (Lipinski definition) is 4. The number of para-hydroxylation sites is 1. The molecule has 2 amide bonds. The fourth-order valence-electron chi connectivity index (χ4n) is 1.24. The lowest BCUT2D eigenvalue weighted by molar-refractivity contribution is 0.0915. The van der Waals surface area contributed by atoms with E-state index in [4.69, 9.17) is 4.74 Å². The first-order valence-corrected chi connectivity index (χ1v) is 5.44. The van der Waals surface area contributed by atoms with Crippen LogP contribution in [-0.2, 0) is 4.74 Å². The van der Waals surface area contributed by atoms with E-state index >= 15 is 0 Å². The predicted octanol–water partition coefficient (Wildman–Crippen LogP) is 1.47. The molecule has 0 spiro atoms. The summed E-state index contributed by atoms with van der Waals surface area (Å²) in [6, 6.07) is 6.77. The molecular formula is C12H16N2O4. The number of ether oxygens (including phenoxy) is 2. The van der Waals surface area contributed by atoms with E-state index in [1.165, 1.54) is 7.11 Å². The van der Waals surface area contributed by atoms with Gasteiger partial charge in [-0.25, -0.2) is 10.2 Å². The summed E-state index contributed by atoms with van der Waals surface area (Å²) in [4.78, 5) is 22.6. The minimum Gasteiger partial charge on any atom is -0.490 e. The Balaban J connectivity index is 2.75. The maximum Gasteiger partial charge on any atom is 0.425 e. The van der Waals surface area contributed by atoms with Crippen LogP contribution in [0, 0.1) is 0 Å². The summed E-state index contributed by atoms with van der Waals surface area (Å²) in [7, 11) is 1.21. The lowest BCUT2D eigenvalue weighted by Gasteiger charge is -2.14. The molecule has 1 rings (SSSR count). The van der Waals surface area contributed by atoms with Crippen molar-refractivity contribution in [2.75, 3.05) is 7.11 Å². The van der Waals surface area contributed by atoms with E-state index in [0.717, 1.165) is 0 Å². The number of amides is 2. The molecule has 0 bridgehead atoms. The van der Waals surface area contributed by atoms with Crippen molar-refractivity contribution in [2.24, 2.45) is 0 Å². The van der Waals surface area contributed by atoms with Gasteiger partial charge in [0.2, 0.25) is 0 Å². The minimum absolute atomic E-state index is 0.0486. The van der Waals surface area contributed by atoms with Crippen LogP contribution in [0.3, 0.4) is 0 Å². The topological polar surface area (TPSA) is 76.7 Å². The summed E-state index contributed by atoms with van der Waals surface area (Å²) in [5.41, 5.74) is 4.65. The SMILES string of the molecule is COC(=O)NNC(=O)c1ccccc1OC(C)C. The maximum atomic E-state index is 11.8. The van der Waals surface area contributed by atoms with Crippen molar-refractivity contribution in [1.29, 1.82) is 0 Å². The Morgan fingerprint density at radius 3 is 2.44 bits per heavy atom. The normalized spacial score (nSPS) is 9.78. The van der Waals surface area contributed by atoms with Crippen molar-refractivity contribution in [3.8, 4) is 5.75 Å². The van der Waals surface area contributed by atoms with Crippen molar-refractivity contribution in [2.45, 2.75) is 20.0 Å². The summed E-state index contributed by atoms with van der Waals surface area (Å²) in [6.45, 7) is 3.72. The van der Waals surface area contributed by atoms with Gasteiger partial charge in [0.15, 0.2) is 0 Å². The molecule has 0 saturated carbocycles. The first-order chi connectivity index (χ1) is 8.54. The molecule has 1 aromatic carbocycles. The highest BCUT2D eigenvalue weighted by Gasteiger charge is 2.13. The van der Waals surface area contributed by atoms with Gasteiger partial charge < -0.3 is 9.47 Å². The Bertz CT molecular complexity index is 432. The molecule has 0 radical (unpaired) electrons. The second-order valence-electron chi connectivity index (χ2n) is 3.73. The summed E-state index contributed by atoms with van der Waals surface area (Å²) in [6.07, 6.45) is -0.793. The molecule has 2 N–H and O–H groups in total. The molecule has 0 fully saturated rings. The van der Waals surface area contributed by atoms with Gasteiger partial charge in [-0.2, -0.15) is 0 Å². The van der Waals surface area contributed by atoms with Gasteiger partial charge in [-0.3, -0.25) is 10.2 Å². The van der Waals surface area contributed by atoms with E-state index in [0.29, 0.717) is 11.3 Å². The van der Waals surface area contributed by atoms with Gasteiger partial charge in [-0.1, -0.05) is 12.1 Å². The third-order valence-corrected chi connectivity index (χ3v) is 1.96. The second kappa shape index (κ2) is 6.48. The van der Waals surface area contributed by atoms with Gasteiger partial charge in [0, 0.05) is 0 Å². The van der Waals surface area contributed by atoms with Gasteiger partial charge in [0.25, 0.3) is 5.91 Å². The molecule has 0 saturated heterocycles. The fraction of sp³-hybridized carbons (Fsp3) is 0.333. The molecule has 0 aliphatic carbocycles. The minimum atomic E-state index is -0.745. The molecule has 1 aromatic rings. The van der Waals surface area contributed by atoms with Crippen molar-refractivity contribution in [1.82, 2.24) is 10.9 Å². The first-order valence-electron chi connectivity index (χ1n) is 5.44. The zero-order valence-electron chi connectivity index (χ0n) is 10.5. The molecule has 0 atom stereocenters. The number of hydrogen-bond donors (Lipinski definition) is 2. The quantitative estimate of drug-likeness (QED) is 0.799. The molecule has 0 aliphatic rings. The molecule has 18 heavy (non-hydrogen) atoms. The van der Waals surface area contributed by atoms with Crippen molar-refractivity contribution in [3.05, 3.63) is 29.8 Å². The Morgan fingerprint density at radius 1 is 1.17 bits per heavy atom. The van der Waals surface area contributed by atoms with Crippen LogP contribution in [0.5, 0.6) is 5.75 Å². The molecule has 6 nitrogen and oxygen atoms in total. The Hall–Kier alpha value is -2.24. The summed E-state index contributed by atoms with van der Waals surface area (Å²) >= 11 is 0. The summed E-state index contributed by atoms with van der Waals surface area (Å²) in [5, 5.41) is 0. The number of rotatable bonds is 3. The Morgan fingerprint density at radius 2 is 1.83 bits per heavy atom. The molecule has 0 aliphatic heterocycles. The van der Waals surface area contributed by atoms with E-state index in [1.54, 1.807) is 24.3 Å². The van der Waals surface area contributed by atoms with E-state index < -0.39 is 12.0 Å². The highest BCUT2D eigenvalue weighted by Crippen LogP contribution is 2.18. The zero-order chi connectivity index (χ0) is 13.5. The summed E-state index contributed by atoms with van der Waals surface area (Å²) in [5.74, 6) is -0.0201. The van der Waals surface area contributed by atoms with Crippen molar-refractivity contribution < 1.29 is 19.1 Å². The van der Waals surface area contributed by atoms with E-state index in [2.05, 4.69) is 15.6 Å². The Labute approximate surface area is 105 Å². The van der Waals surface area contributed by atoms with Crippen molar-refractivity contribution in [3.63, 3.8) is 0 Å². The van der Waals surface area contributed by atoms with E-state index in [9.17, 15) is 9.59 Å². The Kier molecular flexibility index (Phi) is 4.98. The first kappa shape index (κ1) is 13.8. The van der Waals surface area contributed by atoms with Crippen LogP contribution in [0.2, 0.25) is 0 Å². The van der Waals surface area contributed by atoms with Crippen LogP contribution < -0.4 is 15.6 Å². The monoisotopic (exact) mass is 252 g/mol. The zero-order valence-corrected chi connectivity index (χ0v) is 10.5. The number of hydrazine groups is 1. The van der Waals surface area contributed by atoms with Gasteiger partial charge in [-0.15, -0.1) is 0 Å². The van der Waals surface area contributed by atoms with Crippen LogP contribution in [-0.4, -0.2) is 25.2 Å². The highest BCUT2D eigenvalue weighted by molar-refractivity contribution is 5.97. The predicted molar refractivity (Wildman–Crippen MR) is 65.2 cm³/mol. The average molecular weight is 252 g/mol. The second-order valence-corrected chi connectivity index (χ2v) is 3.73. The molecule has 98 valence electrons. The van der Waals surface area contributed by atoms with Gasteiger partial charge >= 0.3 is 6.09 Å². The standard InChI is InChI=1S/C12H16N2O4/c1-8(2)18-10-7-5-4-6-9(10)11(15)13-14-12(16)17-3/h4-8H,1-3H3,(H,13,15)(H,14,16). The summed E-state index contributed by atoms with van der Waals surface area (Å²) < 4.78 is 9.83. The molecule has 0 heterocycles. The number of carbonyl (C=O) groups excluding carboxylic acids is 2. The third-order valence-electron chi connectivity index (χ3n) is 1.96. The van der Waals surface area contributed by atoms with Gasteiger partial charge in [0.05, 0.1) is 18.8 Å². The van der Waals surface area contributed by atoms with Crippen molar-refractivity contribution >= 4 is 12.0 Å². The van der Waals surface area contributed by atoms with Gasteiger partial charge in [0.1, 0.15) is 5.75 Å². The number of methoxy groups -OCH3 is 1. The van der Waals surface area contributed by atoms with E-state index in [1.807, 2.05) is 13.8 Å². The third kappa shape index (κ3) is 3.97. The van der Waals surface area contributed by atoms with E-state index in [-0.39, 0.29) is 6.10 Å². The molecular weight excluding hydrogens is 236 g/mol. The lowest BCUT2D eigenvalue weighted by Crippen LogP contribution is -2.41. The van der Waals surface area contributed by atoms with Gasteiger partial charge in [-0.05, 0) is 26.0 Å². The smallest absolute Gasteiger partial charge is 0.425 e. The average Bonchev–Trinajstić information content (AvgIpc) is 2.35.